The molecule has 0 bridgehead atoms. The minimum absolute atomic E-state index is 0.104. The van der Waals surface area contributed by atoms with Gasteiger partial charge in [-0.25, -0.2) is 0 Å². The molecule has 2 aromatic carbocycles. The minimum atomic E-state index is -0.539. The number of rotatable bonds is 6. The van der Waals surface area contributed by atoms with Gasteiger partial charge >= 0.3 is 0 Å². The van der Waals surface area contributed by atoms with E-state index >= 15 is 0 Å². The van der Waals surface area contributed by atoms with Crippen LogP contribution in [-0.4, -0.2) is 30.1 Å². The van der Waals surface area contributed by atoms with E-state index in [2.05, 4.69) is 48.0 Å². The lowest BCUT2D eigenvalue weighted by Gasteiger charge is -2.13. The van der Waals surface area contributed by atoms with Gasteiger partial charge in [-0.05, 0) is 71.0 Å². The van der Waals surface area contributed by atoms with Gasteiger partial charge in [0.05, 0.1) is 9.50 Å². The fourth-order valence-corrected chi connectivity index (χ4v) is 4.28. The van der Waals surface area contributed by atoms with Crippen molar-refractivity contribution in [2.45, 2.75) is 6.92 Å². The zero-order valence-electron chi connectivity index (χ0n) is 15.4. The summed E-state index contributed by atoms with van der Waals surface area (Å²) in [6.07, 6.45) is 0. The SMILES string of the molecule is Cc1cc(Br)cc(Br)c1OCC(=O)NC(=S)NNC(=O)COc1ccc(Cl)cc1Cl. The summed E-state index contributed by atoms with van der Waals surface area (Å²) in [6, 6.07) is 8.29. The third-order valence-corrected chi connectivity index (χ3v) is 5.14. The van der Waals surface area contributed by atoms with E-state index in [-0.39, 0.29) is 23.3 Å². The maximum absolute atomic E-state index is 12.0. The number of nitrogens with one attached hydrogen (secondary N) is 3. The summed E-state index contributed by atoms with van der Waals surface area (Å²) < 4.78 is 12.4. The standard InChI is InChI=1S/C18H15Br2Cl2N3O4S/c1-9-4-10(19)5-12(20)17(9)29-7-15(26)23-18(30)25-24-16(27)8-28-14-3-2-11(21)6-13(14)22/h2-6H,7-8H2,1H3,(H,24,27)(H2,23,25,26,30). The quantitative estimate of drug-likeness (QED) is 0.339. The van der Waals surface area contributed by atoms with Crippen LogP contribution in [0.2, 0.25) is 10.0 Å². The predicted octanol–water partition coefficient (Wildman–Crippen LogP) is 4.31. The van der Waals surface area contributed by atoms with Gasteiger partial charge in [-0.1, -0.05) is 39.1 Å². The molecular formula is C18H15Br2Cl2N3O4S. The molecular weight excluding hydrogens is 585 g/mol. The lowest BCUT2D eigenvalue weighted by atomic mass is 10.2. The van der Waals surface area contributed by atoms with Crippen molar-refractivity contribution in [3.8, 4) is 11.5 Å². The molecule has 30 heavy (non-hydrogen) atoms. The van der Waals surface area contributed by atoms with Crippen LogP contribution in [0.3, 0.4) is 0 Å². The van der Waals surface area contributed by atoms with Gasteiger partial charge < -0.3 is 9.47 Å². The monoisotopic (exact) mass is 597 g/mol. The van der Waals surface area contributed by atoms with E-state index in [1.54, 1.807) is 18.2 Å². The smallest absolute Gasteiger partial charge is 0.276 e. The highest BCUT2D eigenvalue weighted by molar-refractivity contribution is 9.11. The van der Waals surface area contributed by atoms with Crippen molar-refractivity contribution in [3.63, 3.8) is 0 Å². The highest BCUT2D eigenvalue weighted by Crippen LogP contribution is 2.32. The normalized spacial score (nSPS) is 10.2. The second kappa shape index (κ2) is 11.7. The summed E-state index contributed by atoms with van der Waals surface area (Å²) in [6.45, 7) is 1.25. The molecule has 0 unspecified atom stereocenters. The van der Waals surface area contributed by atoms with Gasteiger partial charge in [-0.2, -0.15) is 0 Å². The molecule has 0 aliphatic rings. The van der Waals surface area contributed by atoms with E-state index < -0.39 is 11.8 Å². The van der Waals surface area contributed by atoms with E-state index in [1.807, 2.05) is 13.0 Å². The van der Waals surface area contributed by atoms with E-state index in [0.29, 0.717) is 21.0 Å². The molecule has 2 aromatic rings. The number of hydrogen-bond donors (Lipinski definition) is 3. The fourth-order valence-electron chi connectivity index (χ4n) is 2.10. The van der Waals surface area contributed by atoms with Crippen LogP contribution < -0.4 is 25.6 Å². The number of hydrogen-bond acceptors (Lipinski definition) is 5. The molecule has 160 valence electrons. The highest BCUT2D eigenvalue weighted by atomic mass is 79.9. The molecule has 0 saturated heterocycles. The van der Waals surface area contributed by atoms with Gasteiger partial charge in [0.15, 0.2) is 18.3 Å². The van der Waals surface area contributed by atoms with Gasteiger partial charge in [0, 0.05) is 9.50 Å². The first-order valence-corrected chi connectivity index (χ1v) is 11.0. The molecule has 0 atom stereocenters. The highest BCUT2D eigenvalue weighted by Gasteiger charge is 2.12. The van der Waals surface area contributed by atoms with Gasteiger partial charge in [-0.3, -0.25) is 25.8 Å². The summed E-state index contributed by atoms with van der Waals surface area (Å²) >= 11 is 23.5. The first kappa shape index (κ1) is 24.7. The van der Waals surface area contributed by atoms with E-state index in [4.69, 9.17) is 44.9 Å². The second-order valence-electron chi connectivity index (χ2n) is 5.74. The molecule has 0 radical (unpaired) electrons. The van der Waals surface area contributed by atoms with Crippen LogP contribution in [0.4, 0.5) is 0 Å². The number of benzene rings is 2. The third kappa shape index (κ3) is 7.92. The Balaban J connectivity index is 1.72. The van der Waals surface area contributed by atoms with E-state index in [0.717, 1.165) is 10.0 Å². The molecule has 0 saturated carbocycles. The van der Waals surface area contributed by atoms with Crippen LogP contribution in [0.1, 0.15) is 5.56 Å². The molecule has 0 aliphatic carbocycles. The number of halogens is 4. The summed E-state index contributed by atoms with van der Waals surface area (Å²) in [5.41, 5.74) is 5.54. The maximum atomic E-state index is 12.0. The molecule has 2 amide bonds. The van der Waals surface area contributed by atoms with Crippen molar-refractivity contribution in [1.82, 2.24) is 16.2 Å². The first-order chi connectivity index (χ1) is 14.2. The van der Waals surface area contributed by atoms with Crippen LogP contribution in [0.5, 0.6) is 11.5 Å². The van der Waals surface area contributed by atoms with Crippen molar-refractivity contribution in [2.24, 2.45) is 0 Å². The Kier molecular flexibility index (Phi) is 9.63. The van der Waals surface area contributed by atoms with Crippen LogP contribution in [0, 0.1) is 6.92 Å². The molecule has 3 N–H and O–H groups in total. The Morgan fingerprint density at radius 2 is 1.73 bits per heavy atom. The molecule has 0 aliphatic heterocycles. The summed E-state index contributed by atoms with van der Waals surface area (Å²) in [7, 11) is 0. The molecule has 0 aromatic heterocycles. The Bertz CT molecular complexity index is 955. The molecule has 2 rings (SSSR count). The van der Waals surface area contributed by atoms with E-state index in [9.17, 15) is 9.59 Å². The largest absolute Gasteiger partial charge is 0.482 e. The summed E-state index contributed by atoms with van der Waals surface area (Å²) in [5.74, 6) is -0.194. The predicted molar refractivity (Wildman–Crippen MR) is 126 cm³/mol. The van der Waals surface area contributed by atoms with Gasteiger partial charge in [-0.15, -0.1) is 0 Å². The molecule has 12 heteroatoms. The van der Waals surface area contributed by atoms with E-state index in [1.165, 1.54) is 6.07 Å². The minimum Gasteiger partial charge on any atom is -0.482 e. The number of thiocarbonyl (C=S) groups is 1. The van der Waals surface area contributed by atoms with Crippen molar-refractivity contribution in [1.29, 1.82) is 0 Å². The maximum Gasteiger partial charge on any atom is 0.276 e. The summed E-state index contributed by atoms with van der Waals surface area (Å²) in [5, 5.41) is 3.01. The Morgan fingerprint density at radius 1 is 1.03 bits per heavy atom. The van der Waals surface area contributed by atoms with Crippen molar-refractivity contribution in [3.05, 3.63) is 54.9 Å². The number of carbonyl (C=O) groups excluding carboxylic acids is 2. The fraction of sp³-hybridized carbons (Fsp3) is 0.167. The number of hydrazine groups is 1. The van der Waals surface area contributed by atoms with Crippen molar-refractivity contribution >= 4 is 84.2 Å². The molecule has 7 nitrogen and oxygen atoms in total. The van der Waals surface area contributed by atoms with Crippen LogP contribution in [-0.2, 0) is 9.59 Å². The summed E-state index contributed by atoms with van der Waals surface area (Å²) in [4.78, 5) is 23.8. The molecule has 0 heterocycles. The third-order valence-electron chi connectivity index (χ3n) is 3.36. The zero-order valence-corrected chi connectivity index (χ0v) is 20.9. The van der Waals surface area contributed by atoms with Crippen molar-refractivity contribution in [2.75, 3.05) is 13.2 Å². The number of aryl methyl sites for hydroxylation is 1. The van der Waals surface area contributed by atoms with Crippen LogP contribution in [0.15, 0.2) is 39.3 Å². The zero-order chi connectivity index (χ0) is 22.3. The van der Waals surface area contributed by atoms with Gasteiger partial charge in [0.1, 0.15) is 11.5 Å². The van der Waals surface area contributed by atoms with Crippen LogP contribution in [0.25, 0.3) is 0 Å². The topological polar surface area (TPSA) is 88.7 Å². The van der Waals surface area contributed by atoms with Crippen LogP contribution >= 0.6 is 67.3 Å². The lowest BCUT2D eigenvalue weighted by Crippen LogP contribution is -2.50. The Labute approximate surface area is 205 Å². The van der Waals surface area contributed by atoms with Crippen molar-refractivity contribution < 1.29 is 19.1 Å². The lowest BCUT2D eigenvalue weighted by molar-refractivity contribution is -0.124. The second-order valence-corrected chi connectivity index (χ2v) is 8.76. The van der Waals surface area contributed by atoms with Gasteiger partial charge in [0.2, 0.25) is 0 Å². The molecule has 0 fully saturated rings. The molecule has 0 spiro atoms. The average molecular weight is 600 g/mol. The number of ether oxygens (including phenoxy) is 2. The first-order valence-electron chi connectivity index (χ1n) is 8.20. The Hall–Kier alpha value is -1.59. The van der Waals surface area contributed by atoms with Gasteiger partial charge in [0.25, 0.3) is 11.8 Å². The Morgan fingerprint density at radius 3 is 2.40 bits per heavy atom. The number of amides is 2. The number of carbonyl (C=O) groups is 2. The average Bonchev–Trinajstić information content (AvgIpc) is 2.64.